The molecule has 1 N–H and O–H groups in total. The number of nitro groups is 2. The van der Waals surface area contributed by atoms with Crippen LogP contribution in [0.5, 0.6) is 0 Å². The number of carbonyl (C=O) groups excluding carboxylic acids is 1. The number of carbonyl (C=O) groups is 2. The minimum absolute atomic E-state index is 0.0586. The first-order chi connectivity index (χ1) is 12.1. The maximum Gasteiger partial charge on any atom is 0.317 e. The zero-order valence-corrected chi connectivity index (χ0v) is 14.7. The number of carboxylic acids is 1. The van der Waals surface area contributed by atoms with Crippen molar-refractivity contribution in [1.29, 1.82) is 0 Å². The Hall–Kier alpha value is -2.56. The Balaban J connectivity index is 2.53. The Morgan fingerprint density at radius 1 is 1.23 bits per heavy atom. The number of likely N-dealkylation sites (tertiary alicyclic amines) is 1. The fourth-order valence-electron chi connectivity index (χ4n) is 4.00. The van der Waals surface area contributed by atoms with Crippen LogP contribution in [0.15, 0.2) is 11.6 Å². The van der Waals surface area contributed by atoms with Crippen LogP contribution in [-0.4, -0.2) is 80.4 Å². The minimum atomic E-state index is -1.85. The molecule has 0 aromatic rings. The van der Waals surface area contributed by atoms with E-state index in [9.17, 15) is 29.8 Å². The molecule has 2 rings (SSSR count). The molecular formula is C15H22N4O7. The van der Waals surface area contributed by atoms with Crippen molar-refractivity contribution in [2.45, 2.75) is 37.8 Å². The highest BCUT2D eigenvalue weighted by molar-refractivity contribution is 5.94. The van der Waals surface area contributed by atoms with Gasteiger partial charge in [-0.1, -0.05) is 0 Å². The average molecular weight is 370 g/mol. The van der Waals surface area contributed by atoms with E-state index in [1.807, 2.05) is 0 Å². The third-order valence-electron chi connectivity index (χ3n) is 5.05. The van der Waals surface area contributed by atoms with Gasteiger partial charge in [0.15, 0.2) is 0 Å². The third-order valence-corrected chi connectivity index (χ3v) is 5.05. The second kappa shape index (κ2) is 6.98. The summed E-state index contributed by atoms with van der Waals surface area (Å²) in [6, 6.07) is 0. The third kappa shape index (κ3) is 3.39. The molecule has 0 aromatic carbocycles. The molecule has 0 saturated carbocycles. The predicted molar refractivity (Wildman–Crippen MR) is 88.8 cm³/mol. The van der Waals surface area contributed by atoms with Crippen LogP contribution in [0.2, 0.25) is 0 Å². The number of hydrogen-bond donors (Lipinski definition) is 1. The first-order valence-electron chi connectivity index (χ1n) is 8.33. The molecule has 11 heteroatoms. The predicted octanol–water partition coefficient (Wildman–Crippen LogP) is 0.00620. The summed E-state index contributed by atoms with van der Waals surface area (Å²) >= 11 is 0. The van der Waals surface area contributed by atoms with E-state index in [1.54, 1.807) is 13.8 Å². The maximum atomic E-state index is 12.7. The molecule has 0 spiro atoms. The summed E-state index contributed by atoms with van der Waals surface area (Å²) in [5, 5.41) is 32.6. The van der Waals surface area contributed by atoms with Crippen molar-refractivity contribution in [2.24, 2.45) is 0 Å². The number of piperidine rings is 1. The lowest BCUT2D eigenvalue weighted by Gasteiger charge is -2.44. The fraction of sp³-hybridized carbons (Fsp3) is 0.733. The number of rotatable bonds is 7. The van der Waals surface area contributed by atoms with E-state index in [2.05, 4.69) is 0 Å². The number of likely N-dealkylation sites (N-methyl/N-ethyl adjacent to an activating group) is 1. The van der Waals surface area contributed by atoms with Crippen LogP contribution < -0.4 is 0 Å². The monoisotopic (exact) mass is 370 g/mol. The lowest BCUT2D eigenvalue weighted by Crippen LogP contribution is -2.67. The summed E-state index contributed by atoms with van der Waals surface area (Å²) in [7, 11) is 0. The maximum absolute atomic E-state index is 12.7. The van der Waals surface area contributed by atoms with Crippen LogP contribution in [0, 0.1) is 20.2 Å². The minimum Gasteiger partial charge on any atom is -0.480 e. The van der Waals surface area contributed by atoms with E-state index in [-0.39, 0.29) is 31.5 Å². The second-order valence-corrected chi connectivity index (χ2v) is 6.88. The van der Waals surface area contributed by atoms with Gasteiger partial charge in [-0.25, -0.2) is 0 Å². The van der Waals surface area contributed by atoms with E-state index >= 15 is 0 Å². The van der Waals surface area contributed by atoms with Crippen LogP contribution in [0.25, 0.3) is 0 Å². The van der Waals surface area contributed by atoms with Crippen molar-refractivity contribution in [1.82, 2.24) is 9.80 Å². The summed E-state index contributed by atoms with van der Waals surface area (Å²) in [5.74, 6) is -1.66. The van der Waals surface area contributed by atoms with Crippen molar-refractivity contribution < 1.29 is 24.5 Å². The molecular weight excluding hydrogens is 348 g/mol. The van der Waals surface area contributed by atoms with Crippen LogP contribution in [0.4, 0.5) is 0 Å². The summed E-state index contributed by atoms with van der Waals surface area (Å²) < 4.78 is 0. The number of aliphatic carboxylic acids is 1. The standard InChI is InChI=1S/C15H22N4O7/c1-3-17(4-2)13(22)11-5-14(18(23)24)8-15(6-11,19(25)26)10-16(9-14)7-12(20)21/h5H,3-4,6-10H2,1-2H3,(H,20,21)/t14-,15+/m1/s1. The van der Waals surface area contributed by atoms with Crippen molar-refractivity contribution in [3.63, 3.8) is 0 Å². The Kier molecular flexibility index (Phi) is 5.31. The van der Waals surface area contributed by atoms with Crippen LogP contribution in [0.3, 0.4) is 0 Å². The molecule has 26 heavy (non-hydrogen) atoms. The molecule has 11 nitrogen and oxygen atoms in total. The van der Waals surface area contributed by atoms with Gasteiger partial charge < -0.3 is 10.0 Å². The van der Waals surface area contributed by atoms with Gasteiger partial charge >= 0.3 is 5.97 Å². The molecule has 0 aromatic heterocycles. The molecule has 2 bridgehead atoms. The van der Waals surface area contributed by atoms with E-state index in [4.69, 9.17) is 5.11 Å². The molecule has 1 heterocycles. The summed E-state index contributed by atoms with van der Waals surface area (Å²) in [6.45, 7) is 3.23. The topological polar surface area (TPSA) is 147 Å². The largest absolute Gasteiger partial charge is 0.480 e. The van der Waals surface area contributed by atoms with E-state index < -0.39 is 39.3 Å². The molecule has 0 unspecified atom stereocenters. The summed E-state index contributed by atoms with van der Waals surface area (Å²) in [4.78, 5) is 48.8. The van der Waals surface area contributed by atoms with Gasteiger partial charge in [-0.05, 0) is 13.8 Å². The highest BCUT2D eigenvalue weighted by atomic mass is 16.6. The fourth-order valence-corrected chi connectivity index (χ4v) is 4.00. The normalized spacial score (nSPS) is 28.2. The van der Waals surface area contributed by atoms with Gasteiger partial charge in [-0.3, -0.25) is 34.7 Å². The number of hydrogen-bond acceptors (Lipinski definition) is 7. The first kappa shape index (κ1) is 19.8. The number of amides is 1. The molecule has 0 radical (unpaired) electrons. The zero-order chi connectivity index (χ0) is 19.7. The molecule has 144 valence electrons. The van der Waals surface area contributed by atoms with Gasteiger partial charge in [-0.2, -0.15) is 0 Å². The lowest BCUT2D eigenvalue weighted by molar-refractivity contribution is -0.619. The SMILES string of the molecule is CCN(CC)C(=O)C1=C[C@]2([N+](=O)[O-])CN(CC(=O)O)C[C@]([N+](=O)[O-])(C1)C2. The number of nitrogens with zero attached hydrogens (tertiary/aromatic N) is 4. The lowest BCUT2D eigenvalue weighted by atomic mass is 9.69. The Labute approximate surface area is 149 Å². The summed E-state index contributed by atoms with van der Waals surface area (Å²) in [5.41, 5.74) is -3.55. The van der Waals surface area contributed by atoms with Gasteiger partial charge in [0.2, 0.25) is 11.4 Å². The van der Waals surface area contributed by atoms with Gasteiger partial charge in [-0.15, -0.1) is 0 Å². The Bertz CT molecular complexity index is 675. The second-order valence-electron chi connectivity index (χ2n) is 6.88. The quantitative estimate of drug-likeness (QED) is 0.487. The molecule has 2 aliphatic rings. The Morgan fingerprint density at radius 3 is 2.31 bits per heavy atom. The van der Waals surface area contributed by atoms with Crippen molar-refractivity contribution in [3.8, 4) is 0 Å². The first-order valence-corrected chi connectivity index (χ1v) is 8.33. The van der Waals surface area contributed by atoms with Crippen molar-refractivity contribution in [2.75, 3.05) is 32.7 Å². The smallest absolute Gasteiger partial charge is 0.317 e. The van der Waals surface area contributed by atoms with Crippen molar-refractivity contribution >= 4 is 11.9 Å². The molecule has 1 saturated heterocycles. The molecule has 1 aliphatic heterocycles. The molecule has 2 atom stereocenters. The van der Waals surface area contributed by atoms with E-state index in [0.717, 1.165) is 0 Å². The van der Waals surface area contributed by atoms with Gasteiger partial charge in [0, 0.05) is 34.6 Å². The average Bonchev–Trinajstić information content (AvgIpc) is 2.54. The summed E-state index contributed by atoms with van der Waals surface area (Å²) in [6.07, 6.45) is 0.607. The van der Waals surface area contributed by atoms with E-state index in [1.165, 1.54) is 15.9 Å². The molecule has 1 fully saturated rings. The van der Waals surface area contributed by atoms with Crippen LogP contribution in [-0.2, 0) is 9.59 Å². The number of fused-ring (bicyclic) bond motifs is 2. The van der Waals surface area contributed by atoms with Gasteiger partial charge in [0.1, 0.15) is 0 Å². The zero-order valence-electron chi connectivity index (χ0n) is 14.7. The highest BCUT2D eigenvalue weighted by Gasteiger charge is 2.64. The Morgan fingerprint density at radius 2 is 1.85 bits per heavy atom. The van der Waals surface area contributed by atoms with Crippen LogP contribution >= 0.6 is 0 Å². The highest BCUT2D eigenvalue weighted by Crippen LogP contribution is 2.43. The van der Waals surface area contributed by atoms with Gasteiger partial charge in [0.05, 0.1) is 32.5 Å². The van der Waals surface area contributed by atoms with E-state index in [0.29, 0.717) is 13.1 Å². The molecule has 1 amide bonds. The molecule has 1 aliphatic carbocycles. The number of carboxylic acid groups (broad SMARTS) is 1. The van der Waals surface area contributed by atoms with Crippen LogP contribution in [0.1, 0.15) is 26.7 Å². The van der Waals surface area contributed by atoms with Gasteiger partial charge in [0.25, 0.3) is 5.54 Å². The van der Waals surface area contributed by atoms with Crippen molar-refractivity contribution in [3.05, 3.63) is 31.9 Å².